The largest absolute Gasteiger partial charge is 0.300 e. The fourth-order valence-corrected chi connectivity index (χ4v) is 2.00. The highest BCUT2D eigenvalue weighted by Gasteiger charge is 2.30. The van der Waals surface area contributed by atoms with Gasteiger partial charge in [0, 0.05) is 19.2 Å². The van der Waals surface area contributed by atoms with Crippen molar-refractivity contribution >= 4 is 0 Å². The maximum Gasteiger partial charge on any atom is 0.0462 e. The molecule has 1 atom stereocenters. The molecule has 2 aliphatic rings. The zero-order valence-electron chi connectivity index (χ0n) is 7.87. The third-order valence-corrected chi connectivity index (χ3v) is 2.75. The van der Waals surface area contributed by atoms with Crippen molar-refractivity contribution in [3.63, 3.8) is 0 Å². The quantitative estimate of drug-likeness (QED) is 0.596. The van der Waals surface area contributed by atoms with Gasteiger partial charge in [-0.15, -0.1) is 0 Å². The topological polar surface area (TPSA) is 27.0 Å². The van der Waals surface area contributed by atoms with E-state index in [4.69, 9.17) is 5.26 Å². The molecular formula is C10H18N2. The highest BCUT2D eigenvalue weighted by Crippen LogP contribution is 2.30. The summed E-state index contributed by atoms with van der Waals surface area (Å²) in [5.74, 6) is 0.967. The van der Waals surface area contributed by atoms with Crippen LogP contribution in [0.5, 0.6) is 0 Å². The van der Waals surface area contributed by atoms with Crippen LogP contribution in [-0.2, 0) is 0 Å². The number of hydrogen-bond acceptors (Lipinski definition) is 2. The Labute approximate surface area is 75.2 Å². The molecule has 0 aromatic heterocycles. The monoisotopic (exact) mass is 166 g/mol. The molecule has 1 heterocycles. The Morgan fingerprint density at radius 1 is 1.25 bits per heavy atom. The molecule has 1 saturated heterocycles. The Kier molecular flexibility index (Phi) is 3.55. The highest BCUT2D eigenvalue weighted by atomic mass is 15.2. The number of piperidine rings is 1. The summed E-state index contributed by atoms with van der Waals surface area (Å²) in [6.07, 6.45) is 5.86. The van der Waals surface area contributed by atoms with Gasteiger partial charge in [-0.3, -0.25) is 0 Å². The molecule has 0 spiro atoms. The van der Waals surface area contributed by atoms with Gasteiger partial charge < -0.3 is 4.90 Å². The third kappa shape index (κ3) is 2.49. The standard InChI is InChI=1S/C9H17N.CHN/c1-8-3-2-6-10(7-8)9-4-5-9;1-2/h8-9H,2-7H2,1H3;1H. The lowest BCUT2D eigenvalue weighted by Gasteiger charge is -2.30. The first-order valence-electron chi connectivity index (χ1n) is 4.86. The summed E-state index contributed by atoms with van der Waals surface area (Å²) in [6.45, 7) is 8.65. The summed E-state index contributed by atoms with van der Waals surface area (Å²) < 4.78 is 0. The van der Waals surface area contributed by atoms with Crippen molar-refractivity contribution < 1.29 is 0 Å². The predicted octanol–water partition coefficient (Wildman–Crippen LogP) is 2.02. The summed E-state index contributed by atoms with van der Waals surface area (Å²) >= 11 is 0. The van der Waals surface area contributed by atoms with Crippen molar-refractivity contribution in [1.82, 2.24) is 4.90 Å². The second-order valence-electron chi connectivity index (χ2n) is 3.97. The second kappa shape index (κ2) is 4.47. The van der Waals surface area contributed by atoms with Crippen LogP contribution < -0.4 is 0 Å². The Bertz CT molecular complexity index is 149. The van der Waals surface area contributed by atoms with Crippen molar-refractivity contribution in [2.45, 2.75) is 38.6 Å². The zero-order chi connectivity index (χ0) is 8.97. The SMILES string of the molecule is C#N.CC1CCCN(C2CC2)C1. The van der Waals surface area contributed by atoms with Crippen LogP contribution in [0.2, 0.25) is 0 Å². The van der Waals surface area contributed by atoms with Crippen LogP contribution in [0.4, 0.5) is 0 Å². The van der Waals surface area contributed by atoms with Gasteiger partial charge in [-0.2, -0.15) is 0 Å². The van der Waals surface area contributed by atoms with E-state index in [9.17, 15) is 0 Å². The Balaban J connectivity index is 0.000000336. The molecule has 68 valence electrons. The smallest absolute Gasteiger partial charge is 0.0462 e. The Morgan fingerprint density at radius 3 is 2.42 bits per heavy atom. The lowest BCUT2D eigenvalue weighted by molar-refractivity contribution is 0.175. The molecule has 0 radical (unpaired) electrons. The van der Waals surface area contributed by atoms with Crippen LogP contribution in [0.25, 0.3) is 0 Å². The van der Waals surface area contributed by atoms with Gasteiger partial charge in [0.1, 0.15) is 0 Å². The van der Waals surface area contributed by atoms with Crippen molar-refractivity contribution in [3.8, 4) is 6.57 Å². The van der Waals surface area contributed by atoms with Gasteiger partial charge in [0.15, 0.2) is 0 Å². The van der Waals surface area contributed by atoms with Crippen molar-refractivity contribution in [2.24, 2.45) is 5.92 Å². The van der Waals surface area contributed by atoms with Gasteiger partial charge in [-0.1, -0.05) is 6.92 Å². The van der Waals surface area contributed by atoms with E-state index in [2.05, 4.69) is 18.4 Å². The molecule has 0 N–H and O–H groups in total. The van der Waals surface area contributed by atoms with Crippen LogP contribution in [0, 0.1) is 17.8 Å². The predicted molar refractivity (Wildman–Crippen MR) is 49.7 cm³/mol. The molecule has 1 aliphatic carbocycles. The minimum Gasteiger partial charge on any atom is -0.300 e. The van der Waals surface area contributed by atoms with Crippen molar-refractivity contribution in [2.75, 3.05) is 13.1 Å². The third-order valence-electron chi connectivity index (χ3n) is 2.75. The maximum absolute atomic E-state index is 6.50. The number of nitriles is 1. The molecule has 0 bridgehead atoms. The first-order chi connectivity index (χ1) is 5.86. The van der Waals surface area contributed by atoms with Crippen LogP contribution in [0.15, 0.2) is 0 Å². The molecule has 1 aliphatic heterocycles. The molecule has 12 heavy (non-hydrogen) atoms. The molecule has 1 unspecified atom stereocenters. The normalized spacial score (nSPS) is 30.4. The highest BCUT2D eigenvalue weighted by molar-refractivity contribution is 4.86. The number of rotatable bonds is 1. The van der Waals surface area contributed by atoms with Gasteiger partial charge in [0.05, 0.1) is 0 Å². The van der Waals surface area contributed by atoms with E-state index in [0.717, 1.165) is 12.0 Å². The summed E-state index contributed by atoms with van der Waals surface area (Å²) in [5.41, 5.74) is 0. The molecule has 1 saturated carbocycles. The maximum atomic E-state index is 6.50. The van der Waals surface area contributed by atoms with E-state index < -0.39 is 0 Å². The van der Waals surface area contributed by atoms with Gasteiger partial charge in [-0.25, -0.2) is 5.26 Å². The Morgan fingerprint density at radius 2 is 1.92 bits per heavy atom. The molecule has 0 aromatic carbocycles. The molecule has 0 aromatic rings. The first kappa shape index (κ1) is 9.54. The minimum absolute atomic E-state index is 0.967. The first-order valence-corrected chi connectivity index (χ1v) is 4.86. The summed E-state index contributed by atoms with van der Waals surface area (Å²) in [5, 5.41) is 6.50. The minimum atomic E-state index is 0.967. The molecule has 2 heteroatoms. The number of hydrogen-bond donors (Lipinski definition) is 0. The second-order valence-corrected chi connectivity index (χ2v) is 3.97. The fourth-order valence-electron chi connectivity index (χ4n) is 2.00. The van der Waals surface area contributed by atoms with E-state index >= 15 is 0 Å². The van der Waals surface area contributed by atoms with Crippen LogP contribution in [-0.4, -0.2) is 24.0 Å². The van der Waals surface area contributed by atoms with Crippen molar-refractivity contribution in [3.05, 3.63) is 0 Å². The lowest BCUT2D eigenvalue weighted by atomic mass is 10.0. The lowest BCUT2D eigenvalue weighted by Crippen LogP contribution is -2.35. The van der Waals surface area contributed by atoms with Gasteiger partial charge in [-0.05, 0) is 38.1 Å². The summed E-state index contributed by atoms with van der Waals surface area (Å²) in [4.78, 5) is 2.69. The number of nitrogens with zero attached hydrogens (tertiary/aromatic N) is 2. The van der Waals surface area contributed by atoms with E-state index in [-0.39, 0.29) is 0 Å². The van der Waals surface area contributed by atoms with E-state index in [1.165, 1.54) is 38.8 Å². The molecule has 2 rings (SSSR count). The van der Waals surface area contributed by atoms with Gasteiger partial charge in [0.25, 0.3) is 0 Å². The molecule has 0 amide bonds. The van der Waals surface area contributed by atoms with Gasteiger partial charge in [0.2, 0.25) is 0 Å². The molecule has 2 fully saturated rings. The Hall–Kier alpha value is -0.550. The molecular weight excluding hydrogens is 148 g/mol. The van der Waals surface area contributed by atoms with E-state index in [1.807, 2.05) is 0 Å². The van der Waals surface area contributed by atoms with E-state index in [0.29, 0.717) is 0 Å². The van der Waals surface area contributed by atoms with Crippen LogP contribution in [0.3, 0.4) is 0 Å². The summed E-state index contributed by atoms with van der Waals surface area (Å²) in [6, 6.07) is 1.00. The van der Waals surface area contributed by atoms with Crippen LogP contribution >= 0.6 is 0 Å². The number of likely N-dealkylation sites (tertiary alicyclic amines) is 1. The van der Waals surface area contributed by atoms with Crippen LogP contribution in [0.1, 0.15) is 32.6 Å². The zero-order valence-corrected chi connectivity index (χ0v) is 7.87. The van der Waals surface area contributed by atoms with Crippen molar-refractivity contribution in [1.29, 1.82) is 5.26 Å². The average molecular weight is 166 g/mol. The van der Waals surface area contributed by atoms with E-state index in [1.54, 1.807) is 0 Å². The summed E-state index contributed by atoms with van der Waals surface area (Å²) in [7, 11) is 0. The average Bonchev–Trinajstić information content (AvgIpc) is 2.90. The fraction of sp³-hybridized carbons (Fsp3) is 0.900. The molecule has 2 nitrogen and oxygen atoms in total. The van der Waals surface area contributed by atoms with Gasteiger partial charge >= 0.3 is 0 Å².